The Balaban J connectivity index is 0.874. The van der Waals surface area contributed by atoms with Crippen molar-refractivity contribution in [1.82, 2.24) is 19.0 Å². The Bertz CT molecular complexity index is 2660. The van der Waals surface area contributed by atoms with Gasteiger partial charge in [-0.15, -0.1) is 0 Å². The zero-order valence-electron chi connectivity index (χ0n) is 36.1. The number of fused-ring (bicyclic) bond motifs is 4. The first kappa shape index (κ1) is 44.4. The lowest BCUT2D eigenvalue weighted by atomic mass is 10.1. The number of ether oxygens (including phenoxy) is 3. The minimum Gasteiger partial charge on any atom is -0.493 e. The number of esters is 1. The fourth-order valence-corrected chi connectivity index (χ4v) is 7.46. The number of carbonyl (C=O) groups excluding carboxylic acids is 6. The lowest BCUT2D eigenvalue weighted by Gasteiger charge is -2.22. The van der Waals surface area contributed by atoms with Crippen LogP contribution in [0.4, 0.5) is 28.4 Å². The fraction of sp³-hybridized carbons (Fsp3) is 0.311. The van der Waals surface area contributed by atoms with E-state index in [1.54, 1.807) is 82.7 Å². The van der Waals surface area contributed by atoms with Crippen LogP contribution in [0.1, 0.15) is 73.6 Å². The van der Waals surface area contributed by atoms with Gasteiger partial charge in [-0.05, 0) is 55.7 Å². The topological polar surface area (TPSA) is 235 Å². The zero-order valence-corrected chi connectivity index (χ0v) is 36.1. The van der Waals surface area contributed by atoms with Crippen LogP contribution in [0.15, 0.2) is 78.2 Å². The number of anilines is 4. The summed E-state index contributed by atoms with van der Waals surface area (Å²) in [5.74, 6) is -1.50. The number of aryl methyl sites for hydroxylation is 3. The third-order valence-corrected chi connectivity index (χ3v) is 10.7. The molecule has 0 spiro atoms. The number of hydrogen-bond donors (Lipinski definition) is 5. The van der Waals surface area contributed by atoms with Gasteiger partial charge in [0.1, 0.15) is 23.1 Å². The summed E-state index contributed by atoms with van der Waals surface area (Å²) in [5, 5.41) is 11.2. The third-order valence-electron chi connectivity index (χ3n) is 10.7. The molecule has 2 aliphatic heterocycles. The van der Waals surface area contributed by atoms with Crippen molar-refractivity contribution in [3.63, 3.8) is 0 Å². The number of hydrogen-bond acceptors (Lipinski definition) is 11. The van der Waals surface area contributed by atoms with Gasteiger partial charge in [-0.2, -0.15) is 0 Å². The number of carbonyl (C=O) groups is 6. The summed E-state index contributed by atoms with van der Waals surface area (Å²) in [6.45, 7) is 2.09. The van der Waals surface area contributed by atoms with Crippen LogP contribution >= 0.6 is 0 Å². The molecule has 19 heteroatoms. The number of methoxy groups -OCH3 is 1. The molecule has 2 atom stereocenters. The molecule has 2 aromatic carbocycles. The average Bonchev–Trinajstić information content (AvgIpc) is 4.02. The van der Waals surface area contributed by atoms with Gasteiger partial charge in [0.15, 0.2) is 11.5 Å². The van der Waals surface area contributed by atoms with E-state index in [-0.39, 0.29) is 61.3 Å². The Kier molecular flexibility index (Phi) is 13.3. The first-order valence-corrected chi connectivity index (χ1v) is 20.6. The molecule has 0 radical (unpaired) electrons. The molecule has 5 aromatic rings. The molecule has 5 amide bonds. The quantitative estimate of drug-likeness (QED) is 0.0656. The molecule has 2 aliphatic rings. The van der Waals surface area contributed by atoms with E-state index in [9.17, 15) is 28.8 Å². The summed E-state index contributed by atoms with van der Waals surface area (Å²) in [5.41, 5.74) is 10.3. The van der Waals surface area contributed by atoms with Crippen LogP contribution in [-0.2, 0) is 41.9 Å². The van der Waals surface area contributed by atoms with Crippen LogP contribution in [-0.4, -0.2) is 94.4 Å². The molecule has 0 saturated carbocycles. The largest absolute Gasteiger partial charge is 0.493 e. The van der Waals surface area contributed by atoms with Crippen LogP contribution in [0.25, 0.3) is 0 Å². The van der Waals surface area contributed by atoms with Gasteiger partial charge in [-0.25, -0.2) is 0 Å². The van der Waals surface area contributed by atoms with E-state index in [0.717, 1.165) is 11.3 Å². The van der Waals surface area contributed by atoms with Gasteiger partial charge in [-0.1, -0.05) is 18.2 Å². The van der Waals surface area contributed by atoms with Gasteiger partial charge < -0.3 is 54.9 Å². The Hall–Kier alpha value is -7.67. The van der Waals surface area contributed by atoms with E-state index >= 15 is 0 Å². The van der Waals surface area contributed by atoms with Crippen molar-refractivity contribution in [1.29, 1.82) is 0 Å². The van der Waals surface area contributed by atoms with Gasteiger partial charge in [0, 0.05) is 77.1 Å². The van der Waals surface area contributed by atoms with Gasteiger partial charge in [0.05, 0.1) is 54.7 Å². The number of para-hydroxylation sites is 1. The molecule has 0 saturated heterocycles. The van der Waals surface area contributed by atoms with Crippen molar-refractivity contribution in [2.24, 2.45) is 31.9 Å². The average molecular weight is 875 g/mol. The molecular weight excluding hydrogens is 825 g/mol. The smallest absolute Gasteiger partial charge is 0.322 e. The van der Waals surface area contributed by atoms with E-state index in [0.29, 0.717) is 64.8 Å². The van der Waals surface area contributed by atoms with Gasteiger partial charge in [-0.3, -0.25) is 38.7 Å². The van der Waals surface area contributed by atoms with Crippen molar-refractivity contribution in [2.45, 2.75) is 44.7 Å². The Morgan fingerprint density at radius 2 is 1.41 bits per heavy atom. The molecule has 7 rings (SSSR count). The predicted octanol–water partition coefficient (Wildman–Crippen LogP) is 4.31. The second-order valence-electron chi connectivity index (χ2n) is 15.5. The number of nitrogens with zero attached hydrogens (tertiary/aromatic N) is 5. The van der Waals surface area contributed by atoms with Crippen molar-refractivity contribution in [3.8, 4) is 11.5 Å². The van der Waals surface area contributed by atoms with E-state index in [4.69, 9.17) is 19.9 Å². The van der Waals surface area contributed by atoms with E-state index in [1.807, 2.05) is 24.3 Å². The van der Waals surface area contributed by atoms with Crippen LogP contribution < -0.4 is 41.4 Å². The highest BCUT2D eigenvalue weighted by molar-refractivity contribution is 6.15. The molecule has 6 N–H and O–H groups in total. The highest BCUT2D eigenvalue weighted by atomic mass is 16.5. The lowest BCUT2D eigenvalue weighted by molar-refractivity contribution is -0.144. The summed E-state index contributed by atoms with van der Waals surface area (Å²) < 4.78 is 21.3. The summed E-state index contributed by atoms with van der Waals surface area (Å²) in [6, 6.07) is 14.8. The molecule has 0 fully saturated rings. The molecule has 19 nitrogen and oxygen atoms in total. The first-order chi connectivity index (χ1) is 30.7. The maximum atomic E-state index is 13.7. The van der Waals surface area contributed by atoms with Crippen molar-refractivity contribution in [2.75, 3.05) is 47.7 Å². The van der Waals surface area contributed by atoms with Crippen molar-refractivity contribution >= 4 is 70.2 Å². The molecule has 64 heavy (non-hydrogen) atoms. The molecule has 3 aromatic heterocycles. The predicted molar refractivity (Wildman–Crippen MR) is 239 cm³/mol. The van der Waals surface area contributed by atoms with E-state index in [2.05, 4.69) is 26.3 Å². The van der Waals surface area contributed by atoms with Gasteiger partial charge >= 0.3 is 5.97 Å². The van der Waals surface area contributed by atoms with Crippen molar-refractivity contribution < 1.29 is 43.0 Å². The van der Waals surface area contributed by atoms with E-state index in [1.165, 1.54) is 26.2 Å². The van der Waals surface area contributed by atoms with Crippen molar-refractivity contribution in [3.05, 3.63) is 101 Å². The third kappa shape index (κ3) is 9.84. The lowest BCUT2D eigenvalue weighted by Crippen LogP contribution is -2.37. The minimum atomic E-state index is -0.722. The molecule has 334 valence electrons. The number of amides is 5. The number of aliphatic imine (C=N–C) groups is 1. The fourth-order valence-electron chi connectivity index (χ4n) is 7.46. The van der Waals surface area contributed by atoms with Crippen LogP contribution in [0.3, 0.4) is 0 Å². The van der Waals surface area contributed by atoms with Crippen LogP contribution in [0.5, 0.6) is 11.5 Å². The van der Waals surface area contributed by atoms with Gasteiger partial charge in [0.2, 0.25) is 5.91 Å². The SMILES string of the molecule is COc1cc2c(cc1OCCCC(=O)Nc1cc(C(=O)Nc3cc(C(=O)Nc4cc(C(=O)NCCCOC(=O)C(C)N)n(C)c4)n(C)c3)n(C)c1)N=C[C@@H]1Cc3ccccc3N1C2=O. The minimum absolute atomic E-state index is 0.117. The summed E-state index contributed by atoms with van der Waals surface area (Å²) >= 11 is 0. The summed E-state index contributed by atoms with van der Waals surface area (Å²) in [4.78, 5) is 83.8. The molecule has 0 bridgehead atoms. The number of rotatable bonds is 17. The number of aromatic nitrogens is 3. The Morgan fingerprint density at radius 1 is 0.797 bits per heavy atom. The van der Waals surface area contributed by atoms with E-state index < -0.39 is 23.8 Å². The van der Waals surface area contributed by atoms with Crippen LogP contribution in [0, 0.1) is 0 Å². The number of nitrogens with two attached hydrogens (primary N) is 1. The second-order valence-corrected chi connectivity index (χ2v) is 15.5. The summed E-state index contributed by atoms with van der Waals surface area (Å²) in [7, 11) is 6.49. The van der Waals surface area contributed by atoms with Crippen LogP contribution in [0.2, 0.25) is 0 Å². The number of benzene rings is 2. The van der Waals surface area contributed by atoms with Gasteiger partial charge in [0.25, 0.3) is 23.6 Å². The Morgan fingerprint density at radius 3 is 2.03 bits per heavy atom. The maximum Gasteiger partial charge on any atom is 0.322 e. The second kappa shape index (κ2) is 19.2. The Labute approximate surface area is 368 Å². The molecule has 0 aliphatic carbocycles. The standard InChI is InChI=1S/C45H50N10O9/c1-26(46)45(61)64-15-9-13-47-41(57)35-18-29(24-52(35)2)50-43(59)37-19-30(25-54(37)4)51-42(58)36-17-28(23-53(36)3)49-40(56)12-8-14-63-39-21-33-32(20-38(39)62-5)44(60)55-31(22-48-33)16-27-10-6-7-11-34(27)55/h6-7,10-11,17-26,31H,8-9,12-16,46H2,1-5H3,(H,47,57)(H,49,56)(H,50,59)(H,51,58)/t26?,31-/m0/s1. The maximum absolute atomic E-state index is 13.7. The normalized spacial score (nSPS) is 14.1. The number of nitrogens with one attached hydrogen (secondary N) is 4. The monoisotopic (exact) mass is 874 g/mol. The molecular formula is C45H50N10O9. The first-order valence-electron chi connectivity index (χ1n) is 20.6. The summed E-state index contributed by atoms with van der Waals surface area (Å²) in [6.07, 6.45) is 8.16. The molecule has 1 unspecified atom stereocenters. The molecule has 5 heterocycles. The zero-order chi connectivity index (χ0) is 45.7. The highest BCUT2D eigenvalue weighted by Crippen LogP contribution is 2.41. The highest BCUT2D eigenvalue weighted by Gasteiger charge is 2.36.